The zero-order valence-corrected chi connectivity index (χ0v) is 24.6. The molecule has 0 saturated carbocycles. The number of carbonyl (C=O) groups is 1. The van der Waals surface area contributed by atoms with Gasteiger partial charge >= 0.3 is 0 Å². The van der Waals surface area contributed by atoms with Gasteiger partial charge in [-0.2, -0.15) is 0 Å². The molecule has 1 N–H and O–H groups in total. The summed E-state index contributed by atoms with van der Waals surface area (Å²) in [5, 5.41) is 2.60. The molecule has 0 fully saturated rings. The predicted molar refractivity (Wildman–Crippen MR) is 159 cm³/mol. The summed E-state index contributed by atoms with van der Waals surface area (Å²) in [5.74, 6) is -1.26. The maximum Gasteiger partial charge on any atom is 0.261 e. The van der Waals surface area contributed by atoms with Crippen LogP contribution >= 0.6 is 15.9 Å². The number of aromatic nitrogens is 3. The second-order valence-corrected chi connectivity index (χ2v) is 10.5. The summed E-state index contributed by atoms with van der Waals surface area (Å²) in [5.41, 5.74) is 1.75. The van der Waals surface area contributed by atoms with Crippen molar-refractivity contribution >= 4 is 38.6 Å². The van der Waals surface area contributed by atoms with Crippen LogP contribution in [0.5, 0.6) is 17.2 Å². The van der Waals surface area contributed by atoms with Crippen LogP contribution in [0.2, 0.25) is 0 Å². The van der Waals surface area contributed by atoms with Crippen LogP contribution in [0.4, 0.5) is 14.5 Å². The molecule has 5 rings (SSSR count). The molecule has 3 heterocycles. The number of hydrogen-bond donors (Lipinski definition) is 1. The van der Waals surface area contributed by atoms with E-state index in [9.17, 15) is 14.0 Å². The molecule has 0 aliphatic carbocycles. The molecule has 214 valence electrons. The van der Waals surface area contributed by atoms with Crippen molar-refractivity contribution in [2.45, 2.75) is 26.8 Å². The number of halogens is 3. The molecular formula is C31H25BrF2N4O4. The van der Waals surface area contributed by atoms with E-state index >= 15 is 4.39 Å². The Balaban J connectivity index is 1.45. The van der Waals surface area contributed by atoms with E-state index in [0.29, 0.717) is 32.6 Å². The van der Waals surface area contributed by atoms with Gasteiger partial charge in [0.2, 0.25) is 5.43 Å². The third-order valence-electron chi connectivity index (χ3n) is 6.65. The van der Waals surface area contributed by atoms with Gasteiger partial charge in [0.1, 0.15) is 21.5 Å². The van der Waals surface area contributed by atoms with Gasteiger partial charge in [0.25, 0.3) is 5.91 Å². The number of anilines is 1. The lowest BCUT2D eigenvalue weighted by molar-refractivity contribution is 0.102. The van der Waals surface area contributed by atoms with Crippen LogP contribution in [0.25, 0.3) is 22.2 Å². The van der Waals surface area contributed by atoms with Crippen LogP contribution in [-0.4, -0.2) is 27.6 Å². The summed E-state index contributed by atoms with van der Waals surface area (Å²) in [6, 6.07) is 12.6. The largest absolute Gasteiger partial charge is 0.494 e. The number of pyridine rings is 3. The Kier molecular flexibility index (Phi) is 8.04. The van der Waals surface area contributed by atoms with Gasteiger partial charge in [-0.1, -0.05) is 12.1 Å². The predicted octanol–water partition coefficient (Wildman–Crippen LogP) is 7.44. The third-order valence-corrected chi connectivity index (χ3v) is 7.22. The minimum absolute atomic E-state index is 0.0781. The van der Waals surface area contributed by atoms with E-state index in [-0.39, 0.29) is 34.4 Å². The number of rotatable bonds is 7. The Bertz CT molecular complexity index is 1890. The summed E-state index contributed by atoms with van der Waals surface area (Å²) in [6.07, 6.45) is 2.98. The molecule has 3 aromatic heterocycles. The van der Waals surface area contributed by atoms with Gasteiger partial charge in [0.15, 0.2) is 23.1 Å². The van der Waals surface area contributed by atoms with Crippen molar-refractivity contribution in [2.24, 2.45) is 0 Å². The second-order valence-electron chi connectivity index (χ2n) is 9.70. The number of ether oxygens (including phenoxy) is 2. The molecule has 0 aliphatic heterocycles. The van der Waals surface area contributed by atoms with Crippen LogP contribution in [0.15, 0.2) is 76.4 Å². The highest BCUT2D eigenvalue weighted by Gasteiger charge is 2.21. The van der Waals surface area contributed by atoms with Gasteiger partial charge in [0, 0.05) is 53.6 Å². The maximum absolute atomic E-state index is 15.2. The van der Waals surface area contributed by atoms with Gasteiger partial charge in [-0.05, 0) is 66.5 Å². The highest BCUT2D eigenvalue weighted by Crippen LogP contribution is 2.34. The van der Waals surface area contributed by atoms with E-state index < -0.39 is 23.0 Å². The zero-order valence-electron chi connectivity index (χ0n) is 23.0. The number of nitrogens with zero attached hydrogens (tertiary/aromatic N) is 3. The number of carbonyl (C=O) groups excluding carboxylic acids is 1. The fraction of sp³-hybridized carbons (Fsp3) is 0.161. The number of benzene rings is 2. The first kappa shape index (κ1) is 28.9. The molecule has 0 aliphatic rings. The van der Waals surface area contributed by atoms with Crippen molar-refractivity contribution in [2.75, 3.05) is 12.4 Å². The normalized spacial score (nSPS) is 11.1. The van der Waals surface area contributed by atoms with Crippen LogP contribution in [-0.2, 0) is 0 Å². The first-order valence-electron chi connectivity index (χ1n) is 12.9. The van der Waals surface area contributed by atoms with Crippen molar-refractivity contribution in [1.29, 1.82) is 0 Å². The topological polar surface area (TPSA) is 95.3 Å². The maximum atomic E-state index is 15.2. The summed E-state index contributed by atoms with van der Waals surface area (Å²) < 4.78 is 42.0. The number of amides is 1. The fourth-order valence-corrected chi connectivity index (χ4v) is 5.04. The second kappa shape index (κ2) is 11.7. The Morgan fingerprint density at radius 3 is 2.43 bits per heavy atom. The number of fused-ring (bicyclic) bond motifs is 1. The van der Waals surface area contributed by atoms with Crippen molar-refractivity contribution < 1.29 is 23.0 Å². The first-order chi connectivity index (χ1) is 20.1. The third kappa shape index (κ3) is 5.60. The smallest absolute Gasteiger partial charge is 0.261 e. The van der Waals surface area contributed by atoms with Crippen LogP contribution in [0.1, 0.15) is 35.9 Å². The van der Waals surface area contributed by atoms with E-state index in [2.05, 4.69) is 31.2 Å². The molecule has 0 bridgehead atoms. The lowest BCUT2D eigenvalue weighted by atomic mass is 10.00. The van der Waals surface area contributed by atoms with Crippen LogP contribution < -0.4 is 20.2 Å². The van der Waals surface area contributed by atoms with E-state index in [4.69, 9.17) is 9.47 Å². The number of hydrogen-bond acceptors (Lipinski definition) is 6. The van der Waals surface area contributed by atoms with Gasteiger partial charge in [0.05, 0.1) is 12.6 Å². The summed E-state index contributed by atoms with van der Waals surface area (Å²) >= 11 is 3.33. The molecule has 5 aromatic rings. The van der Waals surface area contributed by atoms with Crippen molar-refractivity contribution in [1.82, 2.24) is 14.5 Å². The van der Waals surface area contributed by atoms with Crippen LogP contribution in [0.3, 0.4) is 0 Å². The van der Waals surface area contributed by atoms with Crippen molar-refractivity contribution in [3.8, 4) is 28.4 Å². The van der Waals surface area contributed by atoms with Gasteiger partial charge in [-0.3, -0.25) is 14.6 Å². The standard InChI is InChI=1S/C31H25BrF2N4O4/c1-16(2)38-15-21(29(39)27(17(38)3)18-5-7-19(33)8-6-18)31(40)36-20-9-10-24(22(34)13-20)42-25-11-12-35-23-14-26(41-4)30(32)37-28(23)25/h5-16H,1-4H3,(H,36,40). The molecule has 1 amide bonds. The minimum atomic E-state index is -0.749. The SMILES string of the molecule is COc1cc2nccc(Oc3ccc(NC(=O)c4cn(C(C)C)c(C)c(-c5ccc(F)cc5)c4=O)cc3F)c2nc1Br. The first-order valence-corrected chi connectivity index (χ1v) is 13.7. The van der Waals surface area contributed by atoms with E-state index in [0.717, 1.165) is 6.07 Å². The molecule has 0 saturated heterocycles. The molecule has 0 spiro atoms. The minimum Gasteiger partial charge on any atom is -0.494 e. The van der Waals surface area contributed by atoms with Crippen molar-refractivity contribution in [3.63, 3.8) is 0 Å². The Morgan fingerprint density at radius 2 is 1.76 bits per heavy atom. The lowest BCUT2D eigenvalue weighted by Crippen LogP contribution is -2.26. The molecule has 11 heteroatoms. The summed E-state index contributed by atoms with van der Waals surface area (Å²) in [4.78, 5) is 35.5. The quantitative estimate of drug-likeness (QED) is 0.187. The lowest BCUT2D eigenvalue weighted by Gasteiger charge is -2.20. The van der Waals surface area contributed by atoms with E-state index in [1.807, 2.05) is 13.8 Å². The molecular weight excluding hydrogens is 610 g/mol. The molecule has 0 radical (unpaired) electrons. The van der Waals surface area contributed by atoms with Crippen molar-refractivity contribution in [3.05, 3.63) is 105 Å². The van der Waals surface area contributed by atoms with E-state index in [1.54, 1.807) is 23.6 Å². The average Bonchev–Trinajstić information content (AvgIpc) is 2.95. The van der Waals surface area contributed by atoms with Gasteiger partial charge < -0.3 is 19.4 Å². The van der Waals surface area contributed by atoms with Gasteiger partial charge in [-0.25, -0.2) is 13.8 Å². The summed E-state index contributed by atoms with van der Waals surface area (Å²) in [7, 11) is 1.51. The molecule has 2 aromatic carbocycles. The Morgan fingerprint density at radius 1 is 1.02 bits per heavy atom. The zero-order chi connectivity index (χ0) is 30.1. The monoisotopic (exact) mass is 634 g/mol. The average molecular weight is 635 g/mol. The summed E-state index contributed by atoms with van der Waals surface area (Å²) in [6.45, 7) is 5.60. The highest BCUT2D eigenvalue weighted by atomic mass is 79.9. The highest BCUT2D eigenvalue weighted by molar-refractivity contribution is 9.10. The number of methoxy groups -OCH3 is 1. The molecule has 0 unspecified atom stereocenters. The van der Waals surface area contributed by atoms with Gasteiger partial charge in [-0.15, -0.1) is 0 Å². The molecule has 8 nitrogen and oxygen atoms in total. The number of nitrogens with one attached hydrogen (secondary N) is 1. The Hall–Kier alpha value is -4.64. The molecule has 42 heavy (non-hydrogen) atoms. The molecule has 0 atom stereocenters. The van der Waals surface area contributed by atoms with E-state index in [1.165, 1.54) is 55.9 Å². The Labute approximate surface area is 248 Å². The van der Waals surface area contributed by atoms with Crippen LogP contribution in [0, 0.1) is 18.6 Å². The fourth-order valence-electron chi connectivity index (χ4n) is 4.59.